The molecule has 0 aliphatic carbocycles. The second kappa shape index (κ2) is 5.73. The van der Waals surface area contributed by atoms with E-state index in [1.807, 2.05) is 12.1 Å². The van der Waals surface area contributed by atoms with Crippen LogP contribution in [0.2, 0.25) is 0 Å². The van der Waals surface area contributed by atoms with Gasteiger partial charge in [0.1, 0.15) is 0 Å². The van der Waals surface area contributed by atoms with Crippen LogP contribution in [-0.4, -0.2) is 17.1 Å². The van der Waals surface area contributed by atoms with Crippen molar-refractivity contribution in [2.24, 2.45) is 5.73 Å². The summed E-state index contributed by atoms with van der Waals surface area (Å²) in [5.74, 6) is 0.668. The molecule has 5 heteroatoms. The highest BCUT2D eigenvalue weighted by Crippen LogP contribution is 2.34. The van der Waals surface area contributed by atoms with Gasteiger partial charge in [-0.1, -0.05) is 34.1 Å². The lowest BCUT2D eigenvalue weighted by Gasteiger charge is -2.02. The first-order valence-electron chi connectivity index (χ1n) is 6.59. The van der Waals surface area contributed by atoms with Gasteiger partial charge in [0.15, 0.2) is 0 Å². The van der Waals surface area contributed by atoms with E-state index < -0.39 is 0 Å². The zero-order chi connectivity index (χ0) is 15.0. The molecule has 0 saturated carbocycles. The molecule has 1 heterocycles. The molecule has 21 heavy (non-hydrogen) atoms. The van der Waals surface area contributed by atoms with E-state index in [1.54, 1.807) is 11.8 Å². The molecule has 1 amide bonds. The van der Waals surface area contributed by atoms with E-state index in [-0.39, 0.29) is 12.3 Å². The summed E-state index contributed by atoms with van der Waals surface area (Å²) >= 11 is 5.41. The van der Waals surface area contributed by atoms with E-state index in [4.69, 9.17) is 5.73 Å². The van der Waals surface area contributed by atoms with Gasteiger partial charge in [-0.05, 0) is 29.5 Å². The second-order valence-corrected chi connectivity index (χ2v) is 6.76. The first-order chi connectivity index (χ1) is 10.1. The Bertz CT molecular complexity index is 841. The molecule has 0 saturated heterocycles. The average molecular weight is 363 g/mol. The Morgan fingerprint density at radius 3 is 2.86 bits per heavy atom. The Morgan fingerprint density at radius 2 is 2.14 bits per heavy atom. The topological polar surface area (TPSA) is 58.9 Å². The normalized spacial score (nSPS) is 11.3. The number of carbonyl (C=O) groups excluding carboxylic acids is 1. The minimum Gasteiger partial charge on any atom is -0.369 e. The molecule has 3 rings (SSSR count). The van der Waals surface area contributed by atoms with Crippen LogP contribution in [0.25, 0.3) is 21.8 Å². The highest BCUT2D eigenvalue weighted by atomic mass is 79.9. The number of rotatable bonds is 4. The van der Waals surface area contributed by atoms with E-state index >= 15 is 0 Å². The van der Waals surface area contributed by atoms with Crippen LogP contribution in [0.4, 0.5) is 0 Å². The molecule has 0 aliphatic rings. The summed E-state index contributed by atoms with van der Waals surface area (Å²) in [5, 5.41) is 2.27. The van der Waals surface area contributed by atoms with Crippen molar-refractivity contribution in [3.63, 3.8) is 0 Å². The smallest absolute Gasteiger partial charge is 0.221 e. The van der Waals surface area contributed by atoms with Crippen LogP contribution in [0.1, 0.15) is 11.1 Å². The minimum atomic E-state index is -0.319. The predicted octanol–water partition coefficient (Wildman–Crippen LogP) is 3.97. The van der Waals surface area contributed by atoms with Crippen LogP contribution in [0, 0.1) is 0 Å². The second-order valence-electron chi connectivity index (χ2n) is 5.04. The zero-order valence-electron chi connectivity index (χ0n) is 11.6. The third-order valence-electron chi connectivity index (χ3n) is 3.53. The fourth-order valence-corrected chi connectivity index (χ4v) is 3.72. The molecule has 0 atom stereocenters. The predicted molar refractivity (Wildman–Crippen MR) is 93.6 cm³/mol. The number of carbonyl (C=O) groups is 1. The quantitative estimate of drug-likeness (QED) is 0.737. The number of amides is 1. The molecule has 108 valence electrons. The molecule has 0 bridgehead atoms. The van der Waals surface area contributed by atoms with Crippen molar-refractivity contribution in [2.45, 2.75) is 12.2 Å². The van der Waals surface area contributed by atoms with Gasteiger partial charge in [0, 0.05) is 26.5 Å². The van der Waals surface area contributed by atoms with E-state index in [0.717, 1.165) is 37.6 Å². The molecule has 3 N–H and O–H groups in total. The van der Waals surface area contributed by atoms with Crippen molar-refractivity contribution in [2.75, 3.05) is 6.26 Å². The third kappa shape index (κ3) is 2.68. The average Bonchev–Trinajstić information content (AvgIpc) is 2.81. The number of hydrogen-bond donors (Lipinski definition) is 2. The van der Waals surface area contributed by atoms with E-state index in [1.165, 1.54) is 5.56 Å². The van der Waals surface area contributed by atoms with Crippen molar-refractivity contribution in [1.29, 1.82) is 0 Å². The van der Waals surface area contributed by atoms with E-state index in [9.17, 15) is 4.79 Å². The van der Waals surface area contributed by atoms with E-state index in [2.05, 4.69) is 45.4 Å². The van der Waals surface area contributed by atoms with Crippen molar-refractivity contribution in [1.82, 2.24) is 4.98 Å². The Labute approximate surface area is 135 Å². The highest BCUT2D eigenvalue weighted by Gasteiger charge is 2.13. The maximum absolute atomic E-state index is 11.2. The summed E-state index contributed by atoms with van der Waals surface area (Å²) in [6, 6.07) is 10.4. The molecule has 0 fully saturated rings. The van der Waals surface area contributed by atoms with Crippen LogP contribution in [0.5, 0.6) is 0 Å². The number of aromatic amines is 1. The van der Waals surface area contributed by atoms with Crippen LogP contribution in [0.15, 0.2) is 34.8 Å². The van der Waals surface area contributed by atoms with Gasteiger partial charge in [0.25, 0.3) is 0 Å². The standard InChI is InChI=1S/C16H15BrN2OS/c1-21-8-9-2-4-11-13(6-9)19-16-10(7-14(18)20)3-5-12(17)15(11)16/h2-6,19H,7-8H2,1H3,(H2,18,20). The lowest BCUT2D eigenvalue weighted by Crippen LogP contribution is -2.13. The Morgan fingerprint density at radius 1 is 1.33 bits per heavy atom. The van der Waals surface area contributed by atoms with Crippen molar-refractivity contribution in [3.05, 3.63) is 45.9 Å². The summed E-state index contributed by atoms with van der Waals surface area (Å²) in [7, 11) is 0. The van der Waals surface area contributed by atoms with Crippen molar-refractivity contribution < 1.29 is 4.79 Å². The summed E-state index contributed by atoms with van der Waals surface area (Å²) < 4.78 is 1.02. The van der Waals surface area contributed by atoms with Crippen LogP contribution >= 0.6 is 27.7 Å². The van der Waals surface area contributed by atoms with Gasteiger partial charge in [0.05, 0.1) is 11.9 Å². The number of benzene rings is 2. The third-order valence-corrected chi connectivity index (χ3v) is 4.81. The number of thioether (sulfide) groups is 1. The van der Waals surface area contributed by atoms with Crippen LogP contribution in [-0.2, 0) is 17.0 Å². The number of hydrogen-bond acceptors (Lipinski definition) is 2. The Kier molecular flexibility index (Phi) is 3.95. The first kappa shape index (κ1) is 14.5. The molecule has 2 aromatic carbocycles. The van der Waals surface area contributed by atoms with Crippen molar-refractivity contribution in [3.8, 4) is 0 Å². The molecule has 3 nitrogen and oxygen atoms in total. The molecule has 1 aromatic heterocycles. The maximum atomic E-state index is 11.2. The Hall–Kier alpha value is -1.46. The number of primary amides is 1. The highest BCUT2D eigenvalue weighted by molar-refractivity contribution is 9.10. The molecule has 0 aliphatic heterocycles. The zero-order valence-corrected chi connectivity index (χ0v) is 14.0. The monoisotopic (exact) mass is 362 g/mol. The number of H-pyrrole nitrogens is 1. The lowest BCUT2D eigenvalue weighted by molar-refractivity contribution is -0.117. The molecule has 0 spiro atoms. The number of nitrogens with one attached hydrogen (secondary N) is 1. The van der Waals surface area contributed by atoms with Gasteiger partial charge in [-0.3, -0.25) is 4.79 Å². The number of fused-ring (bicyclic) bond motifs is 3. The fourth-order valence-electron chi connectivity index (χ4n) is 2.67. The summed E-state index contributed by atoms with van der Waals surface area (Å²) in [6.45, 7) is 0. The molecular weight excluding hydrogens is 348 g/mol. The summed E-state index contributed by atoms with van der Waals surface area (Å²) in [5.41, 5.74) is 9.64. The maximum Gasteiger partial charge on any atom is 0.221 e. The number of nitrogens with two attached hydrogens (primary N) is 1. The molecular formula is C16H15BrN2OS. The van der Waals surface area contributed by atoms with Crippen LogP contribution < -0.4 is 5.73 Å². The molecule has 0 unspecified atom stereocenters. The van der Waals surface area contributed by atoms with Gasteiger partial charge in [-0.15, -0.1) is 0 Å². The van der Waals surface area contributed by atoms with Gasteiger partial charge >= 0.3 is 0 Å². The largest absolute Gasteiger partial charge is 0.369 e. The summed E-state index contributed by atoms with van der Waals surface area (Å²) in [4.78, 5) is 14.7. The van der Waals surface area contributed by atoms with Gasteiger partial charge in [-0.25, -0.2) is 0 Å². The van der Waals surface area contributed by atoms with Gasteiger partial charge in [-0.2, -0.15) is 11.8 Å². The first-order valence-corrected chi connectivity index (χ1v) is 8.77. The SMILES string of the molecule is CSCc1ccc2c(c1)[nH]c1c(CC(N)=O)ccc(Br)c12. The lowest BCUT2D eigenvalue weighted by atomic mass is 10.1. The molecule has 3 aromatic rings. The van der Waals surface area contributed by atoms with Crippen LogP contribution in [0.3, 0.4) is 0 Å². The van der Waals surface area contributed by atoms with Gasteiger partial charge < -0.3 is 10.7 Å². The van der Waals surface area contributed by atoms with E-state index in [0.29, 0.717) is 0 Å². The molecule has 0 radical (unpaired) electrons. The summed E-state index contributed by atoms with van der Waals surface area (Å²) in [6.07, 6.45) is 2.34. The Balaban J connectivity index is 2.27. The van der Waals surface area contributed by atoms with Gasteiger partial charge in [0.2, 0.25) is 5.91 Å². The minimum absolute atomic E-state index is 0.244. The number of aromatic nitrogens is 1. The number of halogens is 1. The fraction of sp³-hybridized carbons (Fsp3) is 0.188. The van der Waals surface area contributed by atoms with Crippen molar-refractivity contribution >= 4 is 55.4 Å².